The molecule has 29 heavy (non-hydrogen) atoms. The minimum Gasteiger partial charge on any atom is -0.497 e. The van der Waals surface area contributed by atoms with E-state index in [1.165, 1.54) is 0 Å². The number of hydrogen-bond acceptors (Lipinski definition) is 4. The maximum Gasteiger partial charge on any atom is 0.322 e. The van der Waals surface area contributed by atoms with Gasteiger partial charge in [0.05, 0.1) is 19.8 Å². The van der Waals surface area contributed by atoms with E-state index in [1.807, 2.05) is 62.4 Å². The van der Waals surface area contributed by atoms with Gasteiger partial charge in [0.2, 0.25) is 5.91 Å². The van der Waals surface area contributed by atoms with Gasteiger partial charge in [-0.1, -0.05) is 0 Å². The second kappa shape index (κ2) is 9.32. The minimum atomic E-state index is -0.242. The summed E-state index contributed by atoms with van der Waals surface area (Å²) in [5.74, 6) is 1.50. The van der Waals surface area contributed by atoms with Gasteiger partial charge in [0.15, 0.2) is 0 Å². The average molecular weight is 397 g/mol. The van der Waals surface area contributed by atoms with E-state index >= 15 is 0 Å². The molecule has 1 fully saturated rings. The number of rotatable bonds is 7. The van der Waals surface area contributed by atoms with Crippen LogP contribution < -0.4 is 24.6 Å². The number of nitrogens with zero attached hydrogens (tertiary/aromatic N) is 2. The van der Waals surface area contributed by atoms with Crippen molar-refractivity contribution in [1.29, 1.82) is 0 Å². The van der Waals surface area contributed by atoms with Crippen molar-refractivity contribution in [2.75, 3.05) is 36.6 Å². The van der Waals surface area contributed by atoms with Gasteiger partial charge >= 0.3 is 6.03 Å². The van der Waals surface area contributed by atoms with Crippen molar-refractivity contribution in [1.82, 2.24) is 5.32 Å². The summed E-state index contributed by atoms with van der Waals surface area (Å²) in [7, 11) is 1.60. The second-order valence-corrected chi connectivity index (χ2v) is 6.72. The molecule has 1 unspecified atom stereocenters. The monoisotopic (exact) mass is 397 g/mol. The predicted octanol–water partition coefficient (Wildman–Crippen LogP) is 3.44. The molecule has 7 heteroatoms. The van der Waals surface area contributed by atoms with Gasteiger partial charge < -0.3 is 19.7 Å². The molecule has 1 saturated heterocycles. The van der Waals surface area contributed by atoms with Crippen LogP contribution in [-0.2, 0) is 4.79 Å². The Hall–Kier alpha value is -3.22. The van der Waals surface area contributed by atoms with Gasteiger partial charge in [0, 0.05) is 30.9 Å². The van der Waals surface area contributed by atoms with Gasteiger partial charge in [0.1, 0.15) is 11.5 Å². The summed E-state index contributed by atoms with van der Waals surface area (Å²) < 4.78 is 10.6. The van der Waals surface area contributed by atoms with Crippen LogP contribution >= 0.6 is 0 Å². The lowest BCUT2D eigenvalue weighted by atomic mass is 10.2. The smallest absolute Gasteiger partial charge is 0.322 e. The number of ether oxygens (including phenoxy) is 2. The van der Waals surface area contributed by atoms with Crippen LogP contribution in [0.15, 0.2) is 48.5 Å². The fourth-order valence-electron chi connectivity index (χ4n) is 3.40. The highest BCUT2D eigenvalue weighted by molar-refractivity contribution is 5.98. The molecule has 3 amide bonds. The summed E-state index contributed by atoms with van der Waals surface area (Å²) in [6, 6.07) is 14.3. The topological polar surface area (TPSA) is 71.1 Å². The van der Waals surface area contributed by atoms with Gasteiger partial charge in [-0.25, -0.2) is 4.79 Å². The van der Waals surface area contributed by atoms with Crippen LogP contribution in [-0.4, -0.2) is 44.8 Å². The third-order valence-corrected chi connectivity index (χ3v) is 4.86. The fraction of sp³-hybridized carbons (Fsp3) is 0.364. The van der Waals surface area contributed by atoms with Gasteiger partial charge in [-0.2, -0.15) is 0 Å². The molecule has 0 bridgehead atoms. The fourth-order valence-corrected chi connectivity index (χ4v) is 3.40. The molecule has 0 saturated carbocycles. The van der Waals surface area contributed by atoms with Crippen LogP contribution in [0.2, 0.25) is 0 Å². The average Bonchev–Trinajstić information content (AvgIpc) is 3.10. The predicted molar refractivity (Wildman–Crippen MR) is 113 cm³/mol. The number of hydrogen-bond donors (Lipinski definition) is 1. The lowest BCUT2D eigenvalue weighted by Crippen LogP contribution is -2.46. The Morgan fingerprint density at radius 3 is 2.34 bits per heavy atom. The molecule has 1 N–H and O–H groups in total. The Kier molecular flexibility index (Phi) is 6.59. The summed E-state index contributed by atoms with van der Waals surface area (Å²) in [5, 5.41) is 2.99. The first-order chi connectivity index (χ1) is 14.0. The van der Waals surface area contributed by atoms with Crippen LogP contribution in [0.25, 0.3) is 0 Å². The van der Waals surface area contributed by atoms with Crippen molar-refractivity contribution in [3.63, 3.8) is 0 Å². The van der Waals surface area contributed by atoms with E-state index in [9.17, 15) is 9.59 Å². The molecule has 2 aromatic rings. The number of carbonyl (C=O) groups is 2. The first-order valence-corrected chi connectivity index (χ1v) is 9.81. The molecule has 154 valence electrons. The Bertz CT molecular complexity index is 836. The third kappa shape index (κ3) is 4.80. The maximum absolute atomic E-state index is 12.8. The molecule has 0 spiro atoms. The van der Waals surface area contributed by atoms with Crippen molar-refractivity contribution in [2.24, 2.45) is 0 Å². The maximum atomic E-state index is 12.8. The third-order valence-electron chi connectivity index (χ3n) is 4.86. The van der Waals surface area contributed by atoms with Gasteiger partial charge in [-0.05, 0) is 62.4 Å². The van der Waals surface area contributed by atoms with E-state index in [2.05, 4.69) is 5.32 Å². The molecule has 7 nitrogen and oxygen atoms in total. The molecule has 0 radical (unpaired) electrons. The van der Waals surface area contributed by atoms with Crippen LogP contribution in [0.4, 0.5) is 16.2 Å². The highest BCUT2D eigenvalue weighted by atomic mass is 16.5. The van der Waals surface area contributed by atoms with Crippen molar-refractivity contribution in [2.45, 2.75) is 26.3 Å². The van der Waals surface area contributed by atoms with Crippen molar-refractivity contribution >= 4 is 23.3 Å². The number of anilines is 2. The molecule has 1 atom stereocenters. The zero-order valence-electron chi connectivity index (χ0n) is 17.1. The van der Waals surface area contributed by atoms with E-state index < -0.39 is 0 Å². The zero-order chi connectivity index (χ0) is 20.8. The Morgan fingerprint density at radius 1 is 1.10 bits per heavy atom. The molecular formula is C22H27N3O4. The van der Waals surface area contributed by atoms with E-state index in [-0.39, 0.29) is 24.4 Å². The first-order valence-electron chi connectivity index (χ1n) is 9.81. The number of carbonyl (C=O) groups excluding carboxylic acids is 2. The quantitative estimate of drug-likeness (QED) is 0.777. The lowest BCUT2D eigenvalue weighted by molar-refractivity contribution is -0.117. The lowest BCUT2D eigenvalue weighted by Gasteiger charge is -2.24. The molecule has 2 aromatic carbocycles. The number of methoxy groups -OCH3 is 1. The summed E-state index contributed by atoms with van der Waals surface area (Å²) in [6.07, 6.45) is 0.277. The molecule has 1 heterocycles. The normalized spacial score (nSPS) is 15.9. The number of benzene rings is 2. The van der Waals surface area contributed by atoms with Gasteiger partial charge in [0.25, 0.3) is 0 Å². The van der Waals surface area contributed by atoms with E-state index in [0.29, 0.717) is 19.7 Å². The zero-order valence-corrected chi connectivity index (χ0v) is 17.1. The SMILES string of the molecule is CCOc1ccc(N2CC(NC(=O)N(CC)c3ccc(OC)cc3)CC2=O)cc1. The summed E-state index contributed by atoms with van der Waals surface area (Å²) in [5.41, 5.74) is 1.58. The largest absolute Gasteiger partial charge is 0.497 e. The Balaban J connectivity index is 1.63. The minimum absolute atomic E-state index is 0.00745. The van der Waals surface area contributed by atoms with Crippen LogP contribution in [0, 0.1) is 0 Å². The number of nitrogens with one attached hydrogen (secondary N) is 1. The number of urea groups is 1. The molecule has 3 rings (SSSR count). The molecule has 0 aromatic heterocycles. The standard InChI is InChI=1S/C22H27N3O4/c1-4-24(17-6-10-19(28-3)11-7-17)22(27)23-16-14-21(26)25(15-16)18-8-12-20(13-9-18)29-5-2/h6-13,16H,4-5,14-15H2,1-3H3,(H,23,27). The highest BCUT2D eigenvalue weighted by Crippen LogP contribution is 2.25. The number of amides is 3. The molecule has 1 aliphatic heterocycles. The summed E-state index contributed by atoms with van der Waals surface area (Å²) in [6.45, 7) is 5.39. The molecule has 0 aliphatic carbocycles. The van der Waals surface area contributed by atoms with Gasteiger partial charge in [-0.3, -0.25) is 9.69 Å². The van der Waals surface area contributed by atoms with Crippen LogP contribution in [0.5, 0.6) is 11.5 Å². The van der Waals surface area contributed by atoms with Crippen molar-refractivity contribution in [3.05, 3.63) is 48.5 Å². The Labute approximate surface area is 171 Å². The molecule has 1 aliphatic rings. The van der Waals surface area contributed by atoms with E-state index in [0.717, 1.165) is 22.9 Å². The van der Waals surface area contributed by atoms with Gasteiger partial charge in [-0.15, -0.1) is 0 Å². The van der Waals surface area contributed by atoms with Crippen molar-refractivity contribution < 1.29 is 19.1 Å². The van der Waals surface area contributed by atoms with Crippen LogP contribution in [0.3, 0.4) is 0 Å². The summed E-state index contributed by atoms with van der Waals surface area (Å²) >= 11 is 0. The van der Waals surface area contributed by atoms with Crippen molar-refractivity contribution in [3.8, 4) is 11.5 Å². The first kappa shape index (κ1) is 20.5. The summed E-state index contributed by atoms with van der Waals surface area (Å²) in [4.78, 5) is 28.6. The Morgan fingerprint density at radius 2 is 1.76 bits per heavy atom. The van der Waals surface area contributed by atoms with Crippen LogP contribution in [0.1, 0.15) is 20.3 Å². The highest BCUT2D eigenvalue weighted by Gasteiger charge is 2.32. The van der Waals surface area contributed by atoms with E-state index in [4.69, 9.17) is 9.47 Å². The van der Waals surface area contributed by atoms with E-state index in [1.54, 1.807) is 16.9 Å². The molecular weight excluding hydrogens is 370 g/mol. The second-order valence-electron chi connectivity index (χ2n) is 6.72.